The molecule has 0 amide bonds. The summed E-state index contributed by atoms with van der Waals surface area (Å²) in [5.41, 5.74) is 13.4. The molecule has 0 saturated heterocycles. The van der Waals surface area contributed by atoms with Gasteiger partial charge < -0.3 is 9.13 Å². The van der Waals surface area contributed by atoms with Crippen molar-refractivity contribution in [2.24, 2.45) is 0 Å². The highest BCUT2D eigenvalue weighted by atomic mass is 15.0. The predicted molar refractivity (Wildman–Crippen MR) is 269 cm³/mol. The fraction of sp³-hybridized carbons (Fsp3) is 0.0333. The molecule has 13 aromatic rings. The van der Waals surface area contributed by atoms with Crippen LogP contribution >= 0.6 is 0 Å². The van der Waals surface area contributed by atoms with Crippen LogP contribution in [0.2, 0.25) is 0 Å². The minimum absolute atomic E-state index is 0.731. The molecule has 4 nitrogen and oxygen atoms in total. The van der Waals surface area contributed by atoms with Crippen LogP contribution in [0.25, 0.3) is 121 Å². The fourth-order valence-corrected chi connectivity index (χ4v) is 10.3. The Morgan fingerprint density at radius 1 is 0.359 bits per heavy atom. The molecule has 0 aliphatic heterocycles. The third kappa shape index (κ3) is 5.56. The van der Waals surface area contributed by atoms with Crippen LogP contribution in [0, 0.1) is 0 Å². The number of nitrogens with zero attached hydrogens (tertiary/aromatic N) is 4. The Morgan fingerprint density at radius 3 is 1.75 bits per heavy atom. The van der Waals surface area contributed by atoms with Crippen LogP contribution in [0.3, 0.4) is 0 Å². The van der Waals surface area contributed by atoms with Gasteiger partial charge in [0.1, 0.15) is 0 Å². The number of hydrogen-bond donors (Lipinski definition) is 0. The zero-order valence-electron chi connectivity index (χ0n) is 35.2. The van der Waals surface area contributed by atoms with Crippen molar-refractivity contribution in [3.05, 3.63) is 218 Å². The normalized spacial score (nSPS) is 11.9. The topological polar surface area (TPSA) is 35.6 Å². The molecule has 13 rings (SSSR count). The van der Waals surface area contributed by atoms with Crippen LogP contribution in [-0.2, 0) is 6.42 Å². The van der Waals surface area contributed by atoms with Gasteiger partial charge in [-0.05, 0) is 70.4 Å². The van der Waals surface area contributed by atoms with Gasteiger partial charge in [0.2, 0.25) is 0 Å². The Labute approximate surface area is 369 Å². The first-order valence-electron chi connectivity index (χ1n) is 22.1. The number of para-hydroxylation sites is 1. The molecule has 0 atom stereocenters. The van der Waals surface area contributed by atoms with E-state index in [0.717, 1.165) is 57.0 Å². The molecule has 0 aliphatic rings. The molecule has 0 aliphatic carbocycles. The van der Waals surface area contributed by atoms with E-state index in [1.54, 1.807) is 0 Å². The van der Waals surface area contributed by atoms with Crippen LogP contribution < -0.4 is 0 Å². The third-order valence-electron chi connectivity index (χ3n) is 13.2. The summed E-state index contributed by atoms with van der Waals surface area (Å²) in [7, 11) is 0. The van der Waals surface area contributed by atoms with Crippen LogP contribution in [0.1, 0.15) is 12.5 Å². The number of rotatable bonds is 6. The summed E-state index contributed by atoms with van der Waals surface area (Å²) in [5, 5.41) is 12.2. The van der Waals surface area contributed by atoms with E-state index in [-0.39, 0.29) is 0 Å². The summed E-state index contributed by atoms with van der Waals surface area (Å²) in [5.74, 6) is 0.731. The Bertz CT molecular complexity index is 3980. The summed E-state index contributed by atoms with van der Waals surface area (Å²) in [6.45, 7) is 2.20. The second-order valence-corrected chi connectivity index (χ2v) is 16.8. The Morgan fingerprint density at radius 2 is 0.953 bits per heavy atom. The maximum Gasteiger partial charge on any atom is 0.160 e. The van der Waals surface area contributed by atoms with Gasteiger partial charge in [0, 0.05) is 60.3 Å². The highest BCUT2D eigenvalue weighted by Crippen LogP contribution is 2.43. The van der Waals surface area contributed by atoms with E-state index < -0.39 is 0 Å². The zero-order chi connectivity index (χ0) is 42.3. The average Bonchev–Trinajstić information content (AvgIpc) is 3.87. The maximum atomic E-state index is 5.30. The average molecular weight is 817 g/mol. The highest BCUT2D eigenvalue weighted by molar-refractivity contribution is 6.23. The lowest BCUT2D eigenvalue weighted by Crippen LogP contribution is -2.02. The maximum absolute atomic E-state index is 5.30. The molecule has 0 bridgehead atoms. The molecular weight excluding hydrogens is 777 g/mol. The van der Waals surface area contributed by atoms with Crippen molar-refractivity contribution in [1.82, 2.24) is 19.1 Å². The molecule has 0 N–H and O–H groups in total. The third-order valence-corrected chi connectivity index (χ3v) is 13.2. The van der Waals surface area contributed by atoms with Crippen LogP contribution in [-0.4, -0.2) is 19.1 Å². The molecule has 0 saturated carbocycles. The lowest BCUT2D eigenvalue weighted by atomic mass is 9.96. The first kappa shape index (κ1) is 36.3. The Kier molecular flexibility index (Phi) is 8.16. The van der Waals surface area contributed by atoms with Crippen LogP contribution in [0.4, 0.5) is 0 Å². The Hall–Kier alpha value is -8.34. The molecule has 0 unspecified atom stereocenters. The van der Waals surface area contributed by atoms with E-state index in [1.165, 1.54) is 76.2 Å². The van der Waals surface area contributed by atoms with Crippen molar-refractivity contribution >= 4 is 75.9 Å². The van der Waals surface area contributed by atoms with Gasteiger partial charge in [0.25, 0.3) is 0 Å². The number of aromatic nitrogens is 4. The van der Waals surface area contributed by atoms with Crippen LogP contribution in [0.5, 0.6) is 0 Å². The summed E-state index contributed by atoms with van der Waals surface area (Å²) in [4.78, 5) is 10.5. The van der Waals surface area contributed by atoms with Crippen LogP contribution in [0.15, 0.2) is 212 Å². The highest BCUT2D eigenvalue weighted by Gasteiger charge is 2.22. The monoisotopic (exact) mass is 816 g/mol. The van der Waals surface area contributed by atoms with E-state index in [9.17, 15) is 0 Å². The lowest BCUT2D eigenvalue weighted by molar-refractivity contribution is 1.06. The largest absolute Gasteiger partial charge is 0.309 e. The van der Waals surface area contributed by atoms with Crippen molar-refractivity contribution < 1.29 is 0 Å². The fourth-order valence-electron chi connectivity index (χ4n) is 10.3. The second-order valence-electron chi connectivity index (χ2n) is 16.8. The van der Waals surface area contributed by atoms with Crippen molar-refractivity contribution in [3.8, 4) is 45.3 Å². The molecule has 0 fully saturated rings. The van der Waals surface area contributed by atoms with Gasteiger partial charge in [-0.15, -0.1) is 0 Å². The van der Waals surface area contributed by atoms with Gasteiger partial charge in [-0.2, -0.15) is 0 Å². The molecule has 0 spiro atoms. The molecule has 300 valence electrons. The van der Waals surface area contributed by atoms with E-state index in [2.05, 4.69) is 222 Å². The first-order chi connectivity index (χ1) is 31.7. The zero-order valence-corrected chi connectivity index (χ0v) is 35.2. The minimum atomic E-state index is 0.731. The quantitative estimate of drug-likeness (QED) is 0.168. The summed E-state index contributed by atoms with van der Waals surface area (Å²) >= 11 is 0. The van der Waals surface area contributed by atoms with E-state index >= 15 is 0 Å². The molecule has 64 heavy (non-hydrogen) atoms. The summed E-state index contributed by atoms with van der Waals surface area (Å²) in [6.07, 6.45) is 0.806. The molecule has 3 heterocycles. The smallest absolute Gasteiger partial charge is 0.160 e. The standard InChI is InChI=1S/C60H40N4/c1-2-46-57(40-18-5-3-6-19-40)61-60(41-20-7-4-8-21-41)62-58(46)44-29-28-43-35-45(32-30-42(43)34-44)63-55-37-56-51(36-52(55)50-33-31-39-17-10-12-24-48(39)59(50)63)49-25-13-14-26-54(49)64(56)53-27-15-22-38-16-9-11-23-47(38)53/h3-37H,2H2,1H3. The van der Waals surface area contributed by atoms with E-state index in [4.69, 9.17) is 9.97 Å². The summed E-state index contributed by atoms with van der Waals surface area (Å²) in [6, 6.07) is 77.0. The van der Waals surface area contributed by atoms with Crippen molar-refractivity contribution in [3.63, 3.8) is 0 Å². The van der Waals surface area contributed by atoms with Gasteiger partial charge in [-0.3, -0.25) is 0 Å². The molecule has 4 heteroatoms. The van der Waals surface area contributed by atoms with Crippen molar-refractivity contribution in [1.29, 1.82) is 0 Å². The van der Waals surface area contributed by atoms with Gasteiger partial charge >= 0.3 is 0 Å². The first-order valence-corrected chi connectivity index (χ1v) is 22.1. The predicted octanol–water partition coefficient (Wildman–Crippen LogP) is 15.7. The summed E-state index contributed by atoms with van der Waals surface area (Å²) < 4.78 is 4.97. The van der Waals surface area contributed by atoms with Crippen molar-refractivity contribution in [2.45, 2.75) is 13.3 Å². The Balaban J connectivity index is 1.05. The van der Waals surface area contributed by atoms with Gasteiger partial charge in [-0.25, -0.2) is 9.97 Å². The number of benzene rings is 10. The van der Waals surface area contributed by atoms with Gasteiger partial charge in [-0.1, -0.05) is 177 Å². The minimum Gasteiger partial charge on any atom is -0.309 e. The van der Waals surface area contributed by atoms with Gasteiger partial charge in [0.15, 0.2) is 5.82 Å². The lowest BCUT2D eigenvalue weighted by Gasteiger charge is -2.16. The van der Waals surface area contributed by atoms with Crippen molar-refractivity contribution in [2.75, 3.05) is 0 Å². The second kappa shape index (κ2) is 14.4. The molecule has 3 aromatic heterocycles. The van der Waals surface area contributed by atoms with E-state index in [1.807, 2.05) is 6.07 Å². The van der Waals surface area contributed by atoms with Gasteiger partial charge in [0.05, 0.1) is 39.1 Å². The molecule has 10 aromatic carbocycles. The SMILES string of the molecule is CCc1c(-c2ccccc2)nc(-c2ccccc2)nc1-c1ccc2cc(-n3c4cc5c(cc4c4ccc6ccccc6c43)c3ccccc3n5-c3cccc4ccccc34)ccc2c1. The molecular formula is C60H40N4. The number of hydrogen-bond acceptors (Lipinski definition) is 2. The molecule has 0 radical (unpaired) electrons. The number of fused-ring (bicyclic) bond motifs is 10. The van der Waals surface area contributed by atoms with E-state index in [0.29, 0.717) is 0 Å².